The Kier molecular flexibility index (Phi) is 1.94. The third-order valence-electron chi connectivity index (χ3n) is 1.60. The van der Waals surface area contributed by atoms with E-state index in [1.54, 1.807) is 31.0 Å². The first-order valence-electron chi connectivity index (χ1n) is 3.32. The lowest BCUT2D eigenvalue weighted by atomic mass is 10.1. The molecule has 1 heterocycles. The molecular weight excluding hydrogens is 144 g/mol. The molecule has 0 spiro atoms. The lowest BCUT2D eigenvalue weighted by molar-refractivity contribution is -0.138. The van der Waals surface area contributed by atoms with E-state index in [0.29, 0.717) is 0 Å². The second-order valence-electron chi connectivity index (χ2n) is 2.51. The van der Waals surface area contributed by atoms with Crippen LogP contribution in [-0.4, -0.2) is 20.9 Å². The Balaban J connectivity index is 2.84. The Morgan fingerprint density at radius 2 is 2.45 bits per heavy atom. The van der Waals surface area contributed by atoms with E-state index < -0.39 is 11.9 Å². The van der Waals surface area contributed by atoms with Gasteiger partial charge in [0.2, 0.25) is 0 Å². The number of aliphatic carboxylic acids is 1. The summed E-state index contributed by atoms with van der Waals surface area (Å²) in [7, 11) is 1.76. The highest BCUT2D eigenvalue weighted by Crippen LogP contribution is 2.12. The minimum absolute atomic E-state index is 0.469. The Bertz CT molecular complexity index is 267. The summed E-state index contributed by atoms with van der Waals surface area (Å²) in [6.07, 6.45) is 3.28. The quantitative estimate of drug-likeness (QED) is 0.679. The molecule has 0 unspecified atom stereocenters. The highest BCUT2D eigenvalue weighted by Gasteiger charge is 2.14. The first kappa shape index (κ1) is 7.78. The second-order valence-corrected chi connectivity index (χ2v) is 2.51. The maximum atomic E-state index is 10.5. The van der Waals surface area contributed by atoms with Crippen LogP contribution in [0.15, 0.2) is 12.4 Å². The van der Waals surface area contributed by atoms with E-state index in [2.05, 4.69) is 5.10 Å². The van der Waals surface area contributed by atoms with E-state index in [1.807, 2.05) is 0 Å². The van der Waals surface area contributed by atoms with E-state index in [0.717, 1.165) is 5.56 Å². The Morgan fingerprint density at radius 1 is 1.82 bits per heavy atom. The van der Waals surface area contributed by atoms with Crippen LogP contribution in [-0.2, 0) is 11.8 Å². The summed E-state index contributed by atoms with van der Waals surface area (Å²) < 4.78 is 1.59. The molecule has 0 aliphatic carbocycles. The van der Waals surface area contributed by atoms with Crippen molar-refractivity contribution < 1.29 is 9.90 Å². The van der Waals surface area contributed by atoms with E-state index in [-0.39, 0.29) is 0 Å². The molecule has 0 saturated carbocycles. The number of aromatic nitrogens is 2. The van der Waals surface area contributed by atoms with Crippen LogP contribution in [0, 0.1) is 0 Å². The molecule has 0 aliphatic heterocycles. The standard InChI is InChI=1S/C7H10N2O2/c1-5(7(10)11)6-3-8-9(2)4-6/h3-5H,1-2H3,(H,10,11)/t5-/m0/s1. The topological polar surface area (TPSA) is 55.1 Å². The molecule has 0 bridgehead atoms. The highest BCUT2D eigenvalue weighted by molar-refractivity contribution is 5.75. The predicted octanol–water partition coefficient (Wildman–Crippen LogP) is 0.608. The van der Waals surface area contributed by atoms with Gasteiger partial charge in [-0.2, -0.15) is 5.10 Å². The minimum atomic E-state index is -0.821. The van der Waals surface area contributed by atoms with Crippen molar-refractivity contribution in [2.24, 2.45) is 7.05 Å². The zero-order chi connectivity index (χ0) is 8.43. The lowest BCUT2D eigenvalue weighted by Gasteiger charge is -1.99. The average Bonchev–Trinajstić information content (AvgIpc) is 2.34. The molecule has 1 aromatic heterocycles. The van der Waals surface area contributed by atoms with Crippen LogP contribution >= 0.6 is 0 Å². The Labute approximate surface area is 64.5 Å². The van der Waals surface area contributed by atoms with Gasteiger partial charge in [0.25, 0.3) is 0 Å². The molecule has 1 N–H and O–H groups in total. The lowest BCUT2D eigenvalue weighted by Crippen LogP contribution is -2.06. The first-order chi connectivity index (χ1) is 5.11. The van der Waals surface area contributed by atoms with Gasteiger partial charge in [-0.1, -0.05) is 0 Å². The third-order valence-corrected chi connectivity index (χ3v) is 1.60. The van der Waals surface area contributed by atoms with Crippen molar-refractivity contribution in [3.63, 3.8) is 0 Å². The SMILES string of the molecule is C[C@H](C(=O)O)c1cnn(C)c1. The van der Waals surface area contributed by atoms with Crippen molar-refractivity contribution >= 4 is 5.97 Å². The fourth-order valence-electron chi connectivity index (χ4n) is 0.806. The van der Waals surface area contributed by atoms with E-state index in [9.17, 15) is 4.79 Å². The van der Waals surface area contributed by atoms with Crippen molar-refractivity contribution in [2.45, 2.75) is 12.8 Å². The molecule has 0 fully saturated rings. The molecule has 4 heteroatoms. The van der Waals surface area contributed by atoms with Gasteiger partial charge in [0.05, 0.1) is 12.1 Å². The monoisotopic (exact) mass is 154 g/mol. The number of carboxylic acids is 1. The molecule has 0 aliphatic rings. The van der Waals surface area contributed by atoms with Gasteiger partial charge in [-0.05, 0) is 6.92 Å². The van der Waals surface area contributed by atoms with Crippen LogP contribution < -0.4 is 0 Å². The fourth-order valence-corrected chi connectivity index (χ4v) is 0.806. The maximum absolute atomic E-state index is 10.5. The molecule has 1 atom stereocenters. The molecular formula is C7H10N2O2. The van der Waals surface area contributed by atoms with Crippen molar-refractivity contribution in [1.29, 1.82) is 0 Å². The summed E-state index contributed by atoms with van der Waals surface area (Å²) in [5, 5.41) is 12.5. The average molecular weight is 154 g/mol. The van der Waals surface area contributed by atoms with Crippen molar-refractivity contribution in [3.05, 3.63) is 18.0 Å². The molecule has 1 rings (SSSR count). The number of rotatable bonds is 2. The first-order valence-corrected chi connectivity index (χ1v) is 3.32. The van der Waals surface area contributed by atoms with E-state index >= 15 is 0 Å². The normalized spacial score (nSPS) is 12.9. The van der Waals surface area contributed by atoms with E-state index in [1.165, 1.54) is 0 Å². The number of aryl methyl sites for hydroxylation is 1. The van der Waals surface area contributed by atoms with Gasteiger partial charge in [0, 0.05) is 18.8 Å². The van der Waals surface area contributed by atoms with Gasteiger partial charge in [-0.15, -0.1) is 0 Å². The van der Waals surface area contributed by atoms with Crippen LogP contribution in [0.2, 0.25) is 0 Å². The van der Waals surface area contributed by atoms with Crippen molar-refractivity contribution in [1.82, 2.24) is 9.78 Å². The van der Waals surface area contributed by atoms with Crippen molar-refractivity contribution in [3.8, 4) is 0 Å². The zero-order valence-electron chi connectivity index (χ0n) is 6.48. The zero-order valence-corrected chi connectivity index (χ0v) is 6.48. The molecule has 0 radical (unpaired) electrons. The summed E-state index contributed by atoms with van der Waals surface area (Å²) in [5.74, 6) is -1.29. The molecule has 1 aromatic rings. The summed E-state index contributed by atoms with van der Waals surface area (Å²) >= 11 is 0. The third kappa shape index (κ3) is 1.58. The van der Waals surface area contributed by atoms with Crippen LogP contribution in [0.1, 0.15) is 18.4 Å². The van der Waals surface area contributed by atoms with Gasteiger partial charge >= 0.3 is 5.97 Å². The molecule has 60 valence electrons. The van der Waals surface area contributed by atoms with Gasteiger partial charge in [-0.3, -0.25) is 9.48 Å². The number of carbonyl (C=O) groups is 1. The highest BCUT2D eigenvalue weighted by atomic mass is 16.4. The van der Waals surface area contributed by atoms with Crippen LogP contribution in [0.5, 0.6) is 0 Å². The number of hydrogen-bond donors (Lipinski definition) is 1. The summed E-state index contributed by atoms with van der Waals surface area (Å²) in [6, 6.07) is 0. The smallest absolute Gasteiger partial charge is 0.310 e. The molecule has 4 nitrogen and oxygen atoms in total. The van der Waals surface area contributed by atoms with Gasteiger partial charge in [0.1, 0.15) is 0 Å². The summed E-state index contributed by atoms with van der Waals surface area (Å²) in [5.41, 5.74) is 0.736. The van der Waals surface area contributed by atoms with E-state index in [4.69, 9.17) is 5.11 Å². The predicted molar refractivity (Wildman–Crippen MR) is 39.3 cm³/mol. The number of carboxylic acid groups (broad SMARTS) is 1. The van der Waals surface area contributed by atoms with Crippen LogP contribution in [0.3, 0.4) is 0 Å². The molecule has 0 amide bonds. The molecule has 0 saturated heterocycles. The largest absolute Gasteiger partial charge is 0.481 e. The van der Waals surface area contributed by atoms with Crippen LogP contribution in [0.25, 0.3) is 0 Å². The Hall–Kier alpha value is -1.32. The Morgan fingerprint density at radius 3 is 2.82 bits per heavy atom. The second kappa shape index (κ2) is 2.74. The fraction of sp³-hybridized carbons (Fsp3) is 0.429. The van der Waals surface area contributed by atoms with Crippen LogP contribution in [0.4, 0.5) is 0 Å². The van der Waals surface area contributed by atoms with Crippen molar-refractivity contribution in [2.75, 3.05) is 0 Å². The number of hydrogen-bond acceptors (Lipinski definition) is 2. The molecule has 0 aromatic carbocycles. The summed E-state index contributed by atoms with van der Waals surface area (Å²) in [6.45, 7) is 1.64. The number of nitrogens with zero attached hydrogens (tertiary/aromatic N) is 2. The molecule has 11 heavy (non-hydrogen) atoms. The van der Waals surface area contributed by atoms with Gasteiger partial charge < -0.3 is 5.11 Å². The maximum Gasteiger partial charge on any atom is 0.310 e. The minimum Gasteiger partial charge on any atom is -0.481 e. The van der Waals surface area contributed by atoms with Gasteiger partial charge in [-0.25, -0.2) is 0 Å². The van der Waals surface area contributed by atoms with Gasteiger partial charge in [0.15, 0.2) is 0 Å². The summed E-state index contributed by atoms with van der Waals surface area (Å²) in [4.78, 5) is 10.5.